The number of para-hydroxylation sites is 1. The van der Waals surface area contributed by atoms with Gasteiger partial charge in [0.05, 0.1) is 0 Å². The van der Waals surface area contributed by atoms with Crippen LogP contribution in [0.25, 0.3) is 77.4 Å². The quantitative estimate of drug-likeness (QED) is 0.185. The van der Waals surface area contributed by atoms with Crippen LogP contribution in [0, 0.1) is 17.8 Å². The molecule has 6 aromatic carbocycles. The number of fused-ring (bicyclic) bond motifs is 7. The molecular weight excluding hydrogens is 647 g/mol. The highest BCUT2D eigenvalue weighted by Gasteiger charge is 2.53. The second-order valence-electron chi connectivity index (χ2n) is 15.8. The van der Waals surface area contributed by atoms with Gasteiger partial charge in [0.25, 0.3) is 0 Å². The van der Waals surface area contributed by atoms with E-state index in [-0.39, 0.29) is 5.41 Å². The minimum absolute atomic E-state index is 0.0207. The molecule has 12 rings (SSSR count). The van der Waals surface area contributed by atoms with Crippen LogP contribution in [0.3, 0.4) is 0 Å². The van der Waals surface area contributed by atoms with Crippen LogP contribution in [0.5, 0.6) is 0 Å². The molecule has 0 unspecified atom stereocenters. The molecule has 256 valence electrons. The molecule has 0 amide bonds. The van der Waals surface area contributed by atoms with E-state index in [0.717, 1.165) is 73.2 Å². The van der Waals surface area contributed by atoms with Gasteiger partial charge in [0.2, 0.25) is 0 Å². The lowest BCUT2D eigenvalue weighted by molar-refractivity contribution is -0.00938. The first-order chi connectivity index (χ1) is 26.2. The third-order valence-corrected chi connectivity index (χ3v) is 12.5. The Labute approximate surface area is 308 Å². The lowest BCUT2D eigenvalue weighted by atomic mass is 9.49. The molecule has 4 saturated carbocycles. The Morgan fingerprint density at radius 1 is 0.396 bits per heavy atom. The van der Waals surface area contributed by atoms with E-state index in [1.54, 1.807) is 0 Å². The molecule has 4 heteroatoms. The van der Waals surface area contributed by atoms with Crippen molar-refractivity contribution < 1.29 is 4.42 Å². The van der Waals surface area contributed by atoms with Crippen molar-refractivity contribution in [2.75, 3.05) is 0 Å². The molecule has 4 aliphatic carbocycles. The van der Waals surface area contributed by atoms with Gasteiger partial charge in [0.15, 0.2) is 11.6 Å². The highest BCUT2D eigenvalue weighted by atomic mass is 16.3. The van der Waals surface area contributed by atoms with Gasteiger partial charge in [-0.25, -0.2) is 15.0 Å². The third-order valence-electron chi connectivity index (χ3n) is 12.5. The van der Waals surface area contributed by atoms with Crippen molar-refractivity contribution in [3.05, 3.63) is 151 Å². The minimum atomic E-state index is 0.0207. The molecule has 4 aliphatic rings. The maximum absolute atomic E-state index is 6.97. The van der Waals surface area contributed by atoms with Crippen LogP contribution in [0.15, 0.2) is 150 Å². The fourth-order valence-electron chi connectivity index (χ4n) is 10.5. The van der Waals surface area contributed by atoms with E-state index in [2.05, 4.69) is 146 Å². The van der Waals surface area contributed by atoms with Gasteiger partial charge in [-0.15, -0.1) is 0 Å². The molecule has 2 heterocycles. The largest absolute Gasteiger partial charge is 0.456 e. The lowest BCUT2D eigenvalue weighted by Gasteiger charge is -2.56. The number of benzene rings is 6. The van der Waals surface area contributed by atoms with Gasteiger partial charge in [-0.2, -0.15) is 0 Å². The van der Waals surface area contributed by atoms with Crippen LogP contribution in [-0.2, 0) is 5.41 Å². The summed E-state index contributed by atoms with van der Waals surface area (Å²) in [5.74, 6) is 4.80. The SMILES string of the molecule is c1ccc(-c2ccc(-c3nc(-c4ccc5c(c4)oc4ccccc4c4ccccc4c4ccccc54)nc(C45CC6CC(CC(C6)C4)C5)n3)cc2)cc1. The Kier molecular flexibility index (Phi) is 7.01. The monoisotopic (exact) mass is 685 g/mol. The molecule has 0 saturated heterocycles. The van der Waals surface area contributed by atoms with Crippen LogP contribution in [0.4, 0.5) is 0 Å². The maximum Gasteiger partial charge on any atom is 0.163 e. The summed E-state index contributed by atoms with van der Waals surface area (Å²) in [5, 5.41) is 6.78. The molecule has 2 aromatic heterocycles. The van der Waals surface area contributed by atoms with Gasteiger partial charge < -0.3 is 4.42 Å². The first-order valence-corrected chi connectivity index (χ1v) is 19.2. The van der Waals surface area contributed by atoms with Crippen molar-refractivity contribution in [1.82, 2.24) is 15.0 Å². The molecule has 0 radical (unpaired) electrons. The van der Waals surface area contributed by atoms with Gasteiger partial charge in [0.1, 0.15) is 17.0 Å². The van der Waals surface area contributed by atoms with Gasteiger partial charge in [-0.1, -0.05) is 127 Å². The van der Waals surface area contributed by atoms with Gasteiger partial charge in [-0.05, 0) is 107 Å². The molecule has 8 aromatic rings. The summed E-state index contributed by atoms with van der Waals surface area (Å²) < 4.78 is 6.97. The zero-order valence-corrected chi connectivity index (χ0v) is 29.6. The second-order valence-corrected chi connectivity index (χ2v) is 15.8. The first kappa shape index (κ1) is 30.7. The highest BCUT2D eigenvalue weighted by Crippen LogP contribution is 2.60. The van der Waals surface area contributed by atoms with Crippen LogP contribution in [0.2, 0.25) is 0 Å². The van der Waals surface area contributed by atoms with Crippen molar-refractivity contribution in [3.8, 4) is 33.9 Å². The van der Waals surface area contributed by atoms with Crippen LogP contribution >= 0.6 is 0 Å². The van der Waals surface area contributed by atoms with Crippen molar-refractivity contribution in [1.29, 1.82) is 0 Å². The molecule has 0 N–H and O–H groups in total. The third kappa shape index (κ3) is 5.22. The summed E-state index contributed by atoms with van der Waals surface area (Å²) in [6, 6.07) is 51.5. The Morgan fingerprint density at radius 3 is 1.47 bits per heavy atom. The average molecular weight is 686 g/mol. The topological polar surface area (TPSA) is 51.8 Å². The number of hydrogen-bond acceptors (Lipinski definition) is 4. The zero-order chi connectivity index (χ0) is 34.9. The normalized spacial score (nSPS) is 21.8. The van der Waals surface area contributed by atoms with Crippen LogP contribution in [-0.4, -0.2) is 15.0 Å². The summed E-state index contributed by atoms with van der Waals surface area (Å²) in [7, 11) is 0. The second kappa shape index (κ2) is 12.1. The zero-order valence-electron chi connectivity index (χ0n) is 29.6. The van der Waals surface area contributed by atoms with Crippen LogP contribution < -0.4 is 0 Å². The predicted molar refractivity (Wildman–Crippen MR) is 216 cm³/mol. The first-order valence-electron chi connectivity index (χ1n) is 19.2. The van der Waals surface area contributed by atoms with E-state index >= 15 is 0 Å². The van der Waals surface area contributed by atoms with E-state index < -0.39 is 0 Å². The Balaban J connectivity index is 1.14. The summed E-state index contributed by atoms with van der Waals surface area (Å²) in [5.41, 5.74) is 5.98. The van der Waals surface area contributed by atoms with Gasteiger partial charge >= 0.3 is 0 Å². The van der Waals surface area contributed by atoms with E-state index in [0.29, 0.717) is 5.82 Å². The van der Waals surface area contributed by atoms with E-state index in [4.69, 9.17) is 19.4 Å². The number of hydrogen-bond donors (Lipinski definition) is 0. The molecule has 0 atom stereocenters. The minimum Gasteiger partial charge on any atom is -0.456 e. The molecule has 4 nitrogen and oxygen atoms in total. The summed E-state index contributed by atoms with van der Waals surface area (Å²) in [4.78, 5) is 16.1. The molecule has 0 spiro atoms. The summed E-state index contributed by atoms with van der Waals surface area (Å²) in [6.45, 7) is 0. The summed E-state index contributed by atoms with van der Waals surface area (Å²) in [6.07, 6.45) is 7.70. The molecular formula is C49H39N3O. The predicted octanol–water partition coefficient (Wildman–Crippen LogP) is 12.7. The number of rotatable bonds is 4. The van der Waals surface area contributed by atoms with Crippen molar-refractivity contribution in [2.45, 2.75) is 43.9 Å². The van der Waals surface area contributed by atoms with Crippen molar-refractivity contribution in [3.63, 3.8) is 0 Å². The Morgan fingerprint density at radius 2 is 0.849 bits per heavy atom. The molecule has 4 fully saturated rings. The average Bonchev–Trinajstić information content (AvgIpc) is 3.25. The van der Waals surface area contributed by atoms with Gasteiger partial charge in [0, 0.05) is 27.3 Å². The molecule has 53 heavy (non-hydrogen) atoms. The fourth-order valence-corrected chi connectivity index (χ4v) is 10.5. The van der Waals surface area contributed by atoms with Crippen molar-refractivity contribution in [2.24, 2.45) is 17.8 Å². The van der Waals surface area contributed by atoms with E-state index in [9.17, 15) is 0 Å². The van der Waals surface area contributed by atoms with Gasteiger partial charge in [-0.3, -0.25) is 0 Å². The Bertz CT molecular complexity index is 2730. The standard InChI is InChI=1S/C49H39N3O/c1-2-10-34(11-3-1)35-18-20-36(21-19-35)46-50-47(52-48(51-46)49-28-31-24-32(29-49)26-33(25-31)30-49)37-22-23-43-41-15-7-5-13-39(41)38-12-4-6-14-40(38)42-16-8-9-17-44(42)53-45(43)27-37/h1-23,27,31-33H,24-26,28-30H2. The van der Waals surface area contributed by atoms with E-state index in [1.165, 1.54) is 60.4 Å². The number of aromatic nitrogens is 3. The molecule has 4 bridgehead atoms. The fraction of sp³-hybridized carbons (Fsp3) is 0.204. The molecule has 0 aliphatic heterocycles. The van der Waals surface area contributed by atoms with E-state index in [1.807, 2.05) is 0 Å². The summed E-state index contributed by atoms with van der Waals surface area (Å²) >= 11 is 0. The lowest BCUT2D eigenvalue weighted by Crippen LogP contribution is -2.49. The highest BCUT2D eigenvalue weighted by molar-refractivity contribution is 6.18. The maximum atomic E-state index is 6.97. The Hall–Kier alpha value is -5.87. The smallest absolute Gasteiger partial charge is 0.163 e. The number of nitrogens with zero attached hydrogens (tertiary/aromatic N) is 3. The van der Waals surface area contributed by atoms with Crippen LogP contribution in [0.1, 0.15) is 44.3 Å². The van der Waals surface area contributed by atoms with Crippen molar-refractivity contribution >= 4 is 43.5 Å².